The molecule has 3 nitrogen and oxygen atoms in total. The van der Waals surface area contributed by atoms with E-state index in [0.29, 0.717) is 0 Å². The third kappa shape index (κ3) is 2.91. The Morgan fingerprint density at radius 1 is 1.46 bits per heavy atom. The van der Waals surface area contributed by atoms with Crippen LogP contribution >= 0.6 is 0 Å². The molecule has 0 fully saturated rings. The molecule has 0 saturated carbocycles. The molecule has 0 aliphatic heterocycles. The molecule has 68 valence electrons. The molecule has 0 radical (unpaired) electrons. The highest BCUT2D eigenvalue weighted by atomic mass is 16.3. The van der Waals surface area contributed by atoms with E-state index >= 15 is 0 Å². The van der Waals surface area contributed by atoms with Crippen molar-refractivity contribution in [2.24, 2.45) is 0 Å². The number of carbonyl (C=O) groups excluding carboxylic acids is 1. The summed E-state index contributed by atoms with van der Waals surface area (Å²) in [6, 6.07) is 9.10. The fourth-order valence-corrected chi connectivity index (χ4v) is 1.17. The molecule has 1 rings (SSSR count). The molecule has 0 unspecified atom stereocenters. The molecule has 4 heteroatoms. The minimum absolute atomic E-state index is 0.0798. The van der Waals surface area contributed by atoms with Crippen molar-refractivity contribution in [2.45, 2.75) is 6.04 Å². The first-order chi connectivity index (χ1) is 6.24. The zero-order valence-corrected chi connectivity index (χ0v) is 7.53. The predicted molar refractivity (Wildman–Crippen MR) is 53.3 cm³/mol. The molecule has 13 heavy (non-hydrogen) atoms. The largest absolute Gasteiger partial charge is 0.394 e. The van der Waals surface area contributed by atoms with E-state index in [0.717, 1.165) is 5.56 Å². The Hall–Kier alpha value is -1.29. The van der Waals surface area contributed by atoms with Crippen molar-refractivity contribution in [3.63, 3.8) is 0 Å². The van der Waals surface area contributed by atoms with Gasteiger partial charge in [-0.15, -0.1) is 0 Å². The van der Waals surface area contributed by atoms with Gasteiger partial charge in [-0.3, -0.25) is 4.79 Å². The highest BCUT2D eigenvalue weighted by Gasteiger charge is 2.09. The van der Waals surface area contributed by atoms with E-state index in [2.05, 4.69) is 5.32 Å². The maximum absolute atomic E-state index is 10.8. The molecule has 0 saturated heterocycles. The molecule has 0 aromatic heterocycles. The molecule has 0 heterocycles. The Kier molecular flexibility index (Phi) is 3.52. The van der Waals surface area contributed by atoms with Gasteiger partial charge in [-0.2, -0.15) is 0 Å². The molecule has 0 spiro atoms. The van der Waals surface area contributed by atoms with Gasteiger partial charge in [0.1, 0.15) is 0 Å². The second-order valence-electron chi connectivity index (χ2n) is 2.85. The van der Waals surface area contributed by atoms with Gasteiger partial charge >= 0.3 is 0 Å². The highest BCUT2D eigenvalue weighted by Crippen LogP contribution is 2.10. The molecular weight excluding hydrogens is 165 g/mol. The Bertz CT molecular complexity index is 276. The van der Waals surface area contributed by atoms with Crippen LogP contribution < -0.4 is 5.32 Å². The van der Waals surface area contributed by atoms with Crippen molar-refractivity contribution >= 4 is 13.7 Å². The second-order valence-corrected chi connectivity index (χ2v) is 2.85. The van der Waals surface area contributed by atoms with Crippen LogP contribution in [0.1, 0.15) is 11.6 Å². The van der Waals surface area contributed by atoms with Gasteiger partial charge in [-0.05, 0) is 5.56 Å². The van der Waals surface area contributed by atoms with Crippen molar-refractivity contribution in [3.8, 4) is 0 Å². The number of nitrogens with one attached hydrogen (secondary N) is 1. The van der Waals surface area contributed by atoms with E-state index in [1.165, 1.54) is 7.85 Å². The predicted octanol–water partition coefficient (Wildman–Crippen LogP) is 0.0627. The smallest absolute Gasteiger partial charge is 0.215 e. The van der Waals surface area contributed by atoms with Crippen molar-refractivity contribution in [2.75, 3.05) is 6.61 Å². The minimum Gasteiger partial charge on any atom is -0.394 e. The molecule has 1 atom stereocenters. The van der Waals surface area contributed by atoms with Crippen molar-refractivity contribution < 1.29 is 9.90 Å². The van der Waals surface area contributed by atoms with Gasteiger partial charge < -0.3 is 10.4 Å². The SMILES string of the molecule is BC(=O)N[C@@H](CO)c1ccccc1. The van der Waals surface area contributed by atoms with Crippen LogP contribution in [0.15, 0.2) is 30.3 Å². The zero-order chi connectivity index (χ0) is 9.68. The standard InChI is InChI=1S/C9H12BNO2/c10-9(13)11-8(6-12)7-4-2-1-3-5-7/h1-5,8,12H,6,10H2,(H,11,13)/t8-/m0/s1. The third-order valence-corrected chi connectivity index (χ3v) is 1.76. The van der Waals surface area contributed by atoms with Crippen molar-refractivity contribution in [1.29, 1.82) is 0 Å². The summed E-state index contributed by atoms with van der Waals surface area (Å²) in [5, 5.41) is 11.7. The van der Waals surface area contributed by atoms with Crippen molar-refractivity contribution in [1.82, 2.24) is 5.32 Å². The number of carbonyl (C=O) groups is 1. The van der Waals surface area contributed by atoms with Gasteiger partial charge in [0.05, 0.1) is 12.6 Å². The summed E-state index contributed by atoms with van der Waals surface area (Å²) in [5.41, 5.74) is 0.917. The summed E-state index contributed by atoms with van der Waals surface area (Å²) in [6.45, 7) is -0.0798. The van der Waals surface area contributed by atoms with Crippen LogP contribution in [0.2, 0.25) is 0 Å². The second kappa shape index (κ2) is 4.67. The van der Waals surface area contributed by atoms with Crippen LogP contribution in [-0.4, -0.2) is 25.4 Å². The number of aliphatic hydroxyl groups is 1. The fraction of sp³-hybridized carbons (Fsp3) is 0.222. The summed E-state index contributed by atoms with van der Waals surface area (Å²) in [6.07, 6.45) is 0. The van der Waals surface area contributed by atoms with Crippen LogP contribution in [0, 0.1) is 0 Å². The van der Waals surface area contributed by atoms with E-state index in [1.807, 2.05) is 30.3 Å². The van der Waals surface area contributed by atoms with Gasteiger partial charge in [-0.1, -0.05) is 30.3 Å². The number of amides is 1. The van der Waals surface area contributed by atoms with Gasteiger partial charge in [0.2, 0.25) is 7.85 Å². The lowest BCUT2D eigenvalue weighted by Crippen LogP contribution is -2.29. The van der Waals surface area contributed by atoms with Crippen LogP contribution in [0.25, 0.3) is 0 Å². The first-order valence-electron chi connectivity index (χ1n) is 4.17. The maximum atomic E-state index is 10.8. The molecular formula is C9H12BNO2. The van der Waals surface area contributed by atoms with E-state index in [9.17, 15) is 4.79 Å². The number of benzene rings is 1. The monoisotopic (exact) mass is 177 g/mol. The average Bonchev–Trinajstić information content (AvgIpc) is 2.15. The summed E-state index contributed by atoms with van der Waals surface area (Å²) in [4.78, 5) is 10.8. The quantitative estimate of drug-likeness (QED) is 0.641. The average molecular weight is 177 g/mol. The number of hydrogen-bond donors (Lipinski definition) is 2. The lowest BCUT2D eigenvalue weighted by molar-refractivity contribution is 0.231. The molecule has 2 N–H and O–H groups in total. The molecule has 0 bridgehead atoms. The Morgan fingerprint density at radius 3 is 2.54 bits per heavy atom. The van der Waals surface area contributed by atoms with Gasteiger partial charge in [0, 0.05) is 0 Å². The maximum Gasteiger partial charge on any atom is 0.215 e. The Labute approximate surface area is 78.2 Å². The molecule has 1 amide bonds. The normalized spacial score (nSPS) is 12.1. The van der Waals surface area contributed by atoms with Crippen LogP contribution in [0.3, 0.4) is 0 Å². The van der Waals surface area contributed by atoms with E-state index in [4.69, 9.17) is 5.11 Å². The first kappa shape index (κ1) is 9.80. The van der Waals surface area contributed by atoms with E-state index in [-0.39, 0.29) is 18.5 Å². The summed E-state index contributed by atoms with van der Waals surface area (Å²) < 4.78 is 0. The zero-order valence-electron chi connectivity index (χ0n) is 7.53. The number of hydrogen-bond acceptors (Lipinski definition) is 2. The lowest BCUT2D eigenvalue weighted by atomic mass is 10.0. The molecule has 0 aliphatic carbocycles. The molecule has 1 aromatic carbocycles. The van der Waals surface area contributed by atoms with E-state index in [1.54, 1.807) is 0 Å². The van der Waals surface area contributed by atoms with Crippen LogP contribution in [-0.2, 0) is 0 Å². The third-order valence-electron chi connectivity index (χ3n) is 1.76. The summed E-state index contributed by atoms with van der Waals surface area (Å²) in [5.74, 6) is -0.136. The minimum atomic E-state index is -0.293. The van der Waals surface area contributed by atoms with Gasteiger partial charge in [0.25, 0.3) is 0 Å². The van der Waals surface area contributed by atoms with Gasteiger partial charge in [0.15, 0.2) is 5.81 Å². The summed E-state index contributed by atoms with van der Waals surface area (Å²) >= 11 is 0. The molecule has 1 aromatic rings. The fourth-order valence-electron chi connectivity index (χ4n) is 1.17. The lowest BCUT2D eigenvalue weighted by Gasteiger charge is -2.15. The van der Waals surface area contributed by atoms with E-state index < -0.39 is 0 Å². The van der Waals surface area contributed by atoms with Gasteiger partial charge in [-0.25, -0.2) is 0 Å². The van der Waals surface area contributed by atoms with Crippen molar-refractivity contribution in [3.05, 3.63) is 35.9 Å². The summed E-state index contributed by atoms with van der Waals surface area (Å²) in [7, 11) is 1.44. The first-order valence-corrected chi connectivity index (χ1v) is 4.17. The van der Waals surface area contributed by atoms with Crippen LogP contribution in [0.5, 0.6) is 0 Å². The number of aliphatic hydroxyl groups excluding tert-OH is 1. The molecule has 0 aliphatic rings. The highest BCUT2D eigenvalue weighted by molar-refractivity contribution is 6.57. The topological polar surface area (TPSA) is 49.3 Å². The Balaban J connectivity index is 2.73. The van der Waals surface area contributed by atoms with Crippen LogP contribution in [0.4, 0.5) is 4.79 Å². The number of rotatable bonds is 3. The Morgan fingerprint density at radius 2 is 2.08 bits per heavy atom.